The molecule has 0 amide bonds. The van der Waals surface area contributed by atoms with Crippen LogP contribution in [0.1, 0.15) is 52.0 Å². The minimum Gasteiger partial charge on any atom is -0.388 e. The van der Waals surface area contributed by atoms with Crippen molar-refractivity contribution in [2.75, 3.05) is 24.2 Å². The van der Waals surface area contributed by atoms with Crippen molar-refractivity contribution in [1.29, 1.82) is 0 Å². The van der Waals surface area contributed by atoms with Gasteiger partial charge >= 0.3 is 0 Å². The van der Waals surface area contributed by atoms with Crippen LogP contribution in [0.5, 0.6) is 0 Å². The molecule has 2 atom stereocenters. The topological polar surface area (TPSA) is 117 Å². The van der Waals surface area contributed by atoms with Crippen molar-refractivity contribution in [2.24, 2.45) is 0 Å². The molecule has 0 unspecified atom stereocenters. The summed E-state index contributed by atoms with van der Waals surface area (Å²) >= 11 is 0. The van der Waals surface area contributed by atoms with Crippen LogP contribution in [0.25, 0.3) is 11.0 Å². The van der Waals surface area contributed by atoms with Gasteiger partial charge in [0.15, 0.2) is 0 Å². The molecule has 164 valence electrons. The van der Waals surface area contributed by atoms with Gasteiger partial charge in [-0.25, -0.2) is 17.7 Å². The maximum absolute atomic E-state index is 12.7. The van der Waals surface area contributed by atoms with Crippen LogP contribution in [-0.4, -0.2) is 62.8 Å². The molecular weight excluding hydrogens is 406 g/mol. The Balaban J connectivity index is 1.58. The van der Waals surface area contributed by atoms with Crippen molar-refractivity contribution in [1.82, 2.24) is 18.8 Å². The molecule has 0 bridgehead atoms. The summed E-state index contributed by atoms with van der Waals surface area (Å²) in [4.78, 5) is 21.7. The van der Waals surface area contributed by atoms with E-state index in [1.165, 1.54) is 10.4 Å². The Morgan fingerprint density at radius 3 is 2.63 bits per heavy atom. The largest absolute Gasteiger partial charge is 0.388 e. The zero-order valence-electron chi connectivity index (χ0n) is 17.4. The van der Waals surface area contributed by atoms with Crippen molar-refractivity contribution >= 4 is 27.0 Å². The number of anilines is 1. The van der Waals surface area contributed by atoms with E-state index in [0.29, 0.717) is 43.9 Å². The Kier molecular flexibility index (Phi) is 5.58. The second kappa shape index (κ2) is 7.90. The monoisotopic (exact) mass is 435 g/mol. The predicted molar refractivity (Wildman–Crippen MR) is 115 cm³/mol. The van der Waals surface area contributed by atoms with Crippen LogP contribution >= 0.6 is 0 Å². The number of sulfonamides is 1. The quantitative estimate of drug-likeness (QED) is 0.731. The van der Waals surface area contributed by atoms with Gasteiger partial charge < -0.3 is 10.4 Å². The Morgan fingerprint density at radius 2 is 2.00 bits per heavy atom. The van der Waals surface area contributed by atoms with Crippen molar-refractivity contribution in [2.45, 2.75) is 63.6 Å². The van der Waals surface area contributed by atoms with Gasteiger partial charge in [0.05, 0.1) is 17.4 Å². The highest BCUT2D eigenvalue weighted by Gasteiger charge is 2.39. The maximum atomic E-state index is 12.7. The van der Waals surface area contributed by atoms with Gasteiger partial charge in [0.25, 0.3) is 5.56 Å². The van der Waals surface area contributed by atoms with Gasteiger partial charge in [0, 0.05) is 36.8 Å². The molecular formula is C20H29N5O4S. The van der Waals surface area contributed by atoms with Crippen molar-refractivity contribution < 1.29 is 13.5 Å². The average Bonchev–Trinajstić information content (AvgIpc) is 3.07. The van der Waals surface area contributed by atoms with E-state index >= 15 is 0 Å². The molecule has 0 radical (unpaired) electrons. The fourth-order valence-corrected chi connectivity index (χ4v) is 5.72. The second-order valence-electron chi connectivity index (χ2n) is 8.50. The summed E-state index contributed by atoms with van der Waals surface area (Å²) in [7, 11) is -3.16. The minimum atomic E-state index is -3.16. The number of hydrogen-bond donors (Lipinski definition) is 2. The molecule has 1 aliphatic heterocycles. The number of hydrogen-bond acceptors (Lipinski definition) is 7. The summed E-state index contributed by atoms with van der Waals surface area (Å²) in [6.07, 6.45) is 5.25. The summed E-state index contributed by atoms with van der Waals surface area (Å²) in [5.74, 6) is 0.526. The lowest BCUT2D eigenvalue weighted by Gasteiger charge is -2.31. The molecule has 0 aromatic carbocycles. The van der Waals surface area contributed by atoms with Crippen LogP contribution in [0, 0.1) is 0 Å². The van der Waals surface area contributed by atoms with E-state index in [4.69, 9.17) is 0 Å². The first-order valence-electron chi connectivity index (χ1n) is 10.6. The Hall–Kier alpha value is -2.04. The zero-order chi connectivity index (χ0) is 21.5. The molecule has 30 heavy (non-hydrogen) atoms. The number of pyridine rings is 1. The highest BCUT2D eigenvalue weighted by Crippen LogP contribution is 2.39. The molecule has 3 heterocycles. The van der Waals surface area contributed by atoms with Crippen molar-refractivity contribution in [3.8, 4) is 0 Å². The van der Waals surface area contributed by atoms with Crippen LogP contribution in [0.2, 0.25) is 0 Å². The van der Waals surface area contributed by atoms with Crippen LogP contribution in [0.4, 0.5) is 5.95 Å². The van der Waals surface area contributed by atoms with Gasteiger partial charge in [0.1, 0.15) is 5.65 Å². The highest BCUT2D eigenvalue weighted by molar-refractivity contribution is 7.89. The number of aliphatic hydroxyl groups is 1. The van der Waals surface area contributed by atoms with Gasteiger partial charge in [0.2, 0.25) is 16.0 Å². The Labute approximate surface area is 176 Å². The third-order valence-corrected chi connectivity index (χ3v) is 8.28. The first-order chi connectivity index (χ1) is 14.2. The highest BCUT2D eigenvalue weighted by atomic mass is 32.2. The Bertz CT molecular complexity index is 1090. The molecule has 2 aromatic heterocycles. The first kappa shape index (κ1) is 21.2. The average molecular weight is 436 g/mol. The summed E-state index contributed by atoms with van der Waals surface area (Å²) in [6, 6.07) is 2.94. The lowest BCUT2D eigenvalue weighted by atomic mass is 10.00. The predicted octanol–water partition coefficient (Wildman–Crippen LogP) is 1.49. The summed E-state index contributed by atoms with van der Waals surface area (Å²) < 4.78 is 27.2. The number of aromatic nitrogens is 3. The number of nitrogens with one attached hydrogen (secondary N) is 1. The smallest absolute Gasteiger partial charge is 0.252 e. The molecule has 0 spiro atoms. The second-order valence-corrected chi connectivity index (χ2v) is 10.8. The van der Waals surface area contributed by atoms with Crippen LogP contribution in [0.3, 0.4) is 0 Å². The molecule has 2 aromatic rings. The summed E-state index contributed by atoms with van der Waals surface area (Å²) in [6.45, 7) is 4.37. The van der Waals surface area contributed by atoms with Gasteiger partial charge in [-0.1, -0.05) is 0 Å². The van der Waals surface area contributed by atoms with E-state index < -0.39 is 15.6 Å². The van der Waals surface area contributed by atoms with Crippen molar-refractivity contribution in [3.63, 3.8) is 0 Å². The molecule has 2 fully saturated rings. The van der Waals surface area contributed by atoms with E-state index in [1.54, 1.807) is 30.7 Å². The normalized spacial score (nSPS) is 26.3. The van der Waals surface area contributed by atoms with E-state index in [1.807, 2.05) is 0 Å². The third kappa shape index (κ3) is 3.95. The molecule has 1 saturated heterocycles. The van der Waals surface area contributed by atoms with Gasteiger partial charge in [-0.2, -0.15) is 4.98 Å². The van der Waals surface area contributed by atoms with E-state index in [9.17, 15) is 18.3 Å². The molecule has 2 N–H and O–H groups in total. The SMILES string of the molecule is CCS(=O)(=O)N1CCC(Nc2ncc3ccc(=O)n([C@@H]4CCC[C@@]4(C)O)c3n2)CC1. The standard InChI is InChI=1S/C20H29N5O4S/c1-3-30(28,29)24-11-8-15(9-12-24)22-19-21-13-14-6-7-17(26)25(18(14)23-19)16-5-4-10-20(16,2)27/h6-7,13,15-16,27H,3-5,8-12H2,1-2H3,(H,21,22,23)/t16-,20-/m1/s1. The van der Waals surface area contributed by atoms with Crippen LogP contribution in [0.15, 0.2) is 23.1 Å². The number of rotatable bonds is 5. The number of fused-ring (bicyclic) bond motifs is 1. The lowest BCUT2D eigenvalue weighted by Crippen LogP contribution is -2.43. The first-order valence-corrected chi connectivity index (χ1v) is 12.2. The van der Waals surface area contributed by atoms with Gasteiger partial charge in [-0.15, -0.1) is 0 Å². The fourth-order valence-electron chi connectivity index (χ4n) is 4.59. The minimum absolute atomic E-state index is 0.0595. The van der Waals surface area contributed by atoms with Crippen LogP contribution < -0.4 is 10.9 Å². The fraction of sp³-hybridized carbons (Fsp3) is 0.650. The van der Waals surface area contributed by atoms with Gasteiger partial charge in [-0.3, -0.25) is 9.36 Å². The molecule has 1 aliphatic carbocycles. The van der Waals surface area contributed by atoms with E-state index in [-0.39, 0.29) is 23.4 Å². The summed E-state index contributed by atoms with van der Waals surface area (Å²) in [5, 5.41) is 14.8. The van der Waals surface area contributed by atoms with Crippen LogP contribution in [-0.2, 0) is 10.0 Å². The molecule has 2 aliphatic rings. The Morgan fingerprint density at radius 1 is 1.27 bits per heavy atom. The molecule has 9 nitrogen and oxygen atoms in total. The van der Waals surface area contributed by atoms with Gasteiger partial charge in [-0.05, 0) is 52.0 Å². The van der Waals surface area contributed by atoms with E-state index in [0.717, 1.165) is 18.2 Å². The maximum Gasteiger partial charge on any atom is 0.252 e. The van der Waals surface area contributed by atoms with E-state index in [2.05, 4.69) is 15.3 Å². The summed E-state index contributed by atoms with van der Waals surface area (Å²) in [5.41, 5.74) is -0.621. The van der Waals surface area contributed by atoms with Crippen molar-refractivity contribution in [3.05, 3.63) is 28.7 Å². The lowest BCUT2D eigenvalue weighted by molar-refractivity contribution is 0.0267. The third-order valence-electron chi connectivity index (χ3n) is 6.40. The number of nitrogens with zero attached hydrogens (tertiary/aromatic N) is 4. The molecule has 4 rings (SSSR count). The zero-order valence-corrected chi connectivity index (χ0v) is 18.2. The molecule has 10 heteroatoms. The molecule has 1 saturated carbocycles. The number of piperidine rings is 1.